The van der Waals surface area contributed by atoms with Crippen LogP contribution in [-0.4, -0.2) is 24.0 Å². The lowest BCUT2D eigenvalue weighted by atomic mass is 10.1. The Kier molecular flexibility index (Phi) is 6.20. The molecule has 0 atom stereocenters. The van der Waals surface area contributed by atoms with E-state index in [1.807, 2.05) is 37.3 Å². The van der Waals surface area contributed by atoms with Crippen molar-refractivity contribution in [2.75, 3.05) is 13.1 Å². The first-order valence-electron chi connectivity index (χ1n) is 9.66. The van der Waals surface area contributed by atoms with Gasteiger partial charge in [0.25, 0.3) is 5.91 Å². The van der Waals surface area contributed by atoms with Crippen LogP contribution in [0.25, 0.3) is 10.9 Å². The fourth-order valence-corrected chi connectivity index (χ4v) is 3.34. The number of hydrogen-bond acceptors (Lipinski definition) is 2. The highest BCUT2D eigenvalue weighted by atomic mass is 16.1. The molecule has 1 amide bonds. The second-order valence-electron chi connectivity index (χ2n) is 6.96. The van der Waals surface area contributed by atoms with Gasteiger partial charge in [-0.05, 0) is 38.5 Å². The summed E-state index contributed by atoms with van der Waals surface area (Å²) in [4.78, 5) is 18.8. The largest absolute Gasteiger partial charge is 0.348 e. The molecule has 0 spiro atoms. The minimum Gasteiger partial charge on any atom is -0.348 e. The first-order chi connectivity index (χ1) is 13.1. The number of amides is 1. The highest BCUT2D eigenvalue weighted by Crippen LogP contribution is 2.18. The molecule has 140 valence electrons. The minimum atomic E-state index is -0.0617. The number of quaternary nitrogens is 1. The van der Waals surface area contributed by atoms with Crippen molar-refractivity contribution < 1.29 is 9.69 Å². The third kappa shape index (κ3) is 4.72. The van der Waals surface area contributed by atoms with Gasteiger partial charge >= 0.3 is 0 Å². The number of nitrogens with one attached hydrogen (secondary N) is 2. The van der Waals surface area contributed by atoms with Gasteiger partial charge in [0.15, 0.2) is 0 Å². The minimum absolute atomic E-state index is 0.0617. The molecule has 4 nitrogen and oxygen atoms in total. The van der Waals surface area contributed by atoms with Crippen LogP contribution in [0.15, 0.2) is 54.6 Å². The van der Waals surface area contributed by atoms with Crippen LogP contribution in [0.3, 0.4) is 0 Å². The molecule has 3 aromatic rings. The summed E-state index contributed by atoms with van der Waals surface area (Å²) in [5.74, 6) is -0.0617. The van der Waals surface area contributed by atoms with Crippen LogP contribution in [0.5, 0.6) is 0 Å². The van der Waals surface area contributed by atoms with Crippen LogP contribution in [0.1, 0.15) is 41.0 Å². The third-order valence-corrected chi connectivity index (χ3v) is 5.02. The van der Waals surface area contributed by atoms with Crippen molar-refractivity contribution in [1.29, 1.82) is 0 Å². The SMILES string of the molecule is CC[NH+](CC)Cc1ccc(CNC(=O)c2cc(C)nc3ccccc23)cc1. The van der Waals surface area contributed by atoms with Crippen LogP contribution in [0, 0.1) is 6.92 Å². The maximum atomic E-state index is 12.7. The van der Waals surface area contributed by atoms with Gasteiger partial charge in [-0.2, -0.15) is 0 Å². The Bertz CT molecular complexity index is 915. The zero-order chi connectivity index (χ0) is 19.2. The summed E-state index contributed by atoms with van der Waals surface area (Å²) in [5.41, 5.74) is 4.82. The number of nitrogens with zero attached hydrogens (tertiary/aromatic N) is 1. The van der Waals surface area contributed by atoms with Crippen molar-refractivity contribution >= 4 is 16.8 Å². The van der Waals surface area contributed by atoms with E-state index in [2.05, 4.69) is 48.4 Å². The van der Waals surface area contributed by atoms with E-state index in [9.17, 15) is 4.79 Å². The Morgan fingerprint density at radius 2 is 1.67 bits per heavy atom. The van der Waals surface area contributed by atoms with Gasteiger partial charge in [-0.1, -0.05) is 42.5 Å². The Morgan fingerprint density at radius 1 is 1.00 bits per heavy atom. The molecular formula is C23H28N3O+. The molecule has 0 aliphatic carbocycles. The molecule has 1 heterocycles. The van der Waals surface area contributed by atoms with Crippen molar-refractivity contribution in [2.24, 2.45) is 0 Å². The van der Waals surface area contributed by atoms with E-state index in [4.69, 9.17) is 0 Å². The number of carbonyl (C=O) groups excluding carboxylic acids is 1. The van der Waals surface area contributed by atoms with Crippen molar-refractivity contribution in [3.63, 3.8) is 0 Å². The summed E-state index contributed by atoms with van der Waals surface area (Å²) in [6.45, 7) is 10.2. The molecule has 0 saturated heterocycles. The molecule has 0 saturated carbocycles. The predicted octanol–water partition coefficient (Wildman–Crippen LogP) is 2.90. The average molecular weight is 362 g/mol. The predicted molar refractivity (Wildman–Crippen MR) is 110 cm³/mol. The van der Waals surface area contributed by atoms with Gasteiger partial charge in [0.05, 0.1) is 24.2 Å². The van der Waals surface area contributed by atoms with Gasteiger partial charge in [0.1, 0.15) is 6.54 Å². The lowest BCUT2D eigenvalue weighted by Gasteiger charge is -2.15. The Hall–Kier alpha value is -2.72. The van der Waals surface area contributed by atoms with E-state index >= 15 is 0 Å². The third-order valence-electron chi connectivity index (χ3n) is 5.02. The molecule has 0 fully saturated rings. The van der Waals surface area contributed by atoms with E-state index in [-0.39, 0.29) is 5.91 Å². The summed E-state index contributed by atoms with van der Waals surface area (Å²) in [5, 5.41) is 3.93. The van der Waals surface area contributed by atoms with Crippen molar-refractivity contribution in [3.05, 3.63) is 77.0 Å². The Morgan fingerprint density at radius 3 is 2.37 bits per heavy atom. The van der Waals surface area contributed by atoms with E-state index < -0.39 is 0 Å². The van der Waals surface area contributed by atoms with Crippen molar-refractivity contribution in [3.8, 4) is 0 Å². The molecule has 0 aliphatic heterocycles. The molecule has 4 heteroatoms. The van der Waals surface area contributed by atoms with Crippen LogP contribution >= 0.6 is 0 Å². The lowest BCUT2D eigenvalue weighted by Crippen LogP contribution is -3.10. The number of carbonyl (C=O) groups is 1. The molecule has 0 radical (unpaired) electrons. The summed E-state index contributed by atoms with van der Waals surface area (Å²) < 4.78 is 0. The normalized spacial score (nSPS) is 11.1. The maximum absolute atomic E-state index is 12.7. The maximum Gasteiger partial charge on any atom is 0.252 e. The van der Waals surface area contributed by atoms with E-state index in [0.29, 0.717) is 12.1 Å². The summed E-state index contributed by atoms with van der Waals surface area (Å²) in [6.07, 6.45) is 0. The topological polar surface area (TPSA) is 46.4 Å². The second-order valence-corrected chi connectivity index (χ2v) is 6.96. The number of fused-ring (bicyclic) bond motifs is 1. The van der Waals surface area contributed by atoms with Crippen molar-refractivity contribution in [2.45, 2.75) is 33.9 Å². The molecule has 1 aromatic heterocycles. The van der Waals surface area contributed by atoms with Gasteiger partial charge in [0.2, 0.25) is 0 Å². The van der Waals surface area contributed by atoms with E-state index in [1.165, 1.54) is 5.56 Å². The van der Waals surface area contributed by atoms with Gasteiger partial charge in [-0.15, -0.1) is 0 Å². The summed E-state index contributed by atoms with van der Waals surface area (Å²) in [6, 6.07) is 18.2. The zero-order valence-electron chi connectivity index (χ0n) is 16.4. The standard InChI is InChI=1S/C23H27N3O/c1-4-26(5-2)16-19-12-10-18(11-13-19)15-24-23(27)21-14-17(3)25-22-9-7-6-8-20(21)22/h6-14H,4-5,15-16H2,1-3H3,(H,24,27)/p+1. The summed E-state index contributed by atoms with van der Waals surface area (Å²) in [7, 11) is 0. The van der Waals surface area contributed by atoms with Gasteiger partial charge in [0, 0.05) is 23.2 Å². The molecule has 2 aromatic carbocycles. The molecule has 0 unspecified atom stereocenters. The molecule has 27 heavy (non-hydrogen) atoms. The second kappa shape index (κ2) is 8.78. The van der Waals surface area contributed by atoms with Crippen LogP contribution in [0.4, 0.5) is 0 Å². The number of para-hydroxylation sites is 1. The number of aromatic nitrogens is 1. The quantitative estimate of drug-likeness (QED) is 0.679. The van der Waals surface area contributed by atoms with Crippen LogP contribution in [-0.2, 0) is 13.1 Å². The molecule has 0 aliphatic rings. The highest BCUT2D eigenvalue weighted by Gasteiger charge is 2.12. The fourth-order valence-electron chi connectivity index (χ4n) is 3.34. The molecule has 3 rings (SSSR count). The van der Waals surface area contributed by atoms with E-state index in [0.717, 1.165) is 41.8 Å². The van der Waals surface area contributed by atoms with Crippen molar-refractivity contribution in [1.82, 2.24) is 10.3 Å². The monoisotopic (exact) mass is 362 g/mol. The molecular weight excluding hydrogens is 334 g/mol. The first-order valence-corrected chi connectivity index (χ1v) is 9.66. The number of pyridine rings is 1. The molecule has 0 bridgehead atoms. The summed E-state index contributed by atoms with van der Waals surface area (Å²) >= 11 is 0. The van der Waals surface area contributed by atoms with Crippen LogP contribution < -0.4 is 10.2 Å². The van der Waals surface area contributed by atoms with Gasteiger partial charge < -0.3 is 10.2 Å². The Labute approximate surface area is 161 Å². The Balaban J connectivity index is 1.68. The first kappa shape index (κ1) is 19.1. The number of aryl methyl sites for hydroxylation is 1. The number of hydrogen-bond donors (Lipinski definition) is 2. The molecule has 2 N–H and O–H groups in total. The van der Waals surface area contributed by atoms with Crippen LogP contribution in [0.2, 0.25) is 0 Å². The smallest absolute Gasteiger partial charge is 0.252 e. The number of benzene rings is 2. The van der Waals surface area contributed by atoms with Gasteiger partial charge in [-0.3, -0.25) is 9.78 Å². The lowest BCUT2D eigenvalue weighted by molar-refractivity contribution is -0.910. The number of rotatable bonds is 7. The average Bonchev–Trinajstić information content (AvgIpc) is 2.70. The highest BCUT2D eigenvalue weighted by molar-refractivity contribution is 6.06. The van der Waals surface area contributed by atoms with E-state index in [1.54, 1.807) is 4.90 Å². The fraction of sp³-hybridized carbons (Fsp3) is 0.304. The van der Waals surface area contributed by atoms with Gasteiger partial charge in [-0.25, -0.2) is 0 Å². The zero-order valence-corrected chi connectivity index (χ0v) is 16.4.